The standard InChI is InChI=1S/C14H21NS/c1-15-14-9-5-6-12(14)10-11-16-13-7-3-2-4-8-13/h2-4,7-8,12,14-15H,5-6,9-11H2,1H3. The topological polar surface area (TPSA) is 12.0 Å². The molecule has 2 atom stereocenters. The predicted octanol–water partition coefficient (Wildman–Crippen LogP) is 3.56. The maximum Gasteiger partial charge on any atom is 0.00926 e. The van der Waals surface area contributed by atoms with Crippen LogP contribution in [0.3, 0.4) is 0 Å². The van der Waals surface area contributed by atoms with Crippen molar-refractivity contribution in [3.8, 4) is 0 Å². The van der Waals surface area contributed by atoms with Crippen molar-refractivity contribution in [2.24, 2.45) is 5.92 Å². The van der Waals surface area contributed by atoms with E-state index in [0.29, 0.717) is 0 Å². The third-order valence-corrected chi connectivity index (χ3v) is 4.58. The average Bonchev–Trinajstić information content (AvgIpc) is 2.78. The van der Waals surface area contributed by atoms with E-state index >= 15 is 0 Å². The van der Waals surface area contributed by atoms with Gasteiger partial charge in [0, 0.05) is 10.9 Å². The van der Waals surface area contributed by atoms with Crippen LogP contribution >= 0.6 is 11.8 Å². The minimum atomic E-state index is 0.774. The first-order valence-corrected chi connectivity index (χ1v) is 7.24. The molecule has 1 fully saturated rings. The number of hydrogen-bond donors (Lipinski definition) is 1. The zero-order valence-electron chi connectivity index (χ0n) is 9.99. The maximum absolute atomic E-state index is 3.45. The molecule has 1 aliphatic carbocycles. The summed E-state index contributed by atoms with van der Waals surface area (Å²) in [5, 5.41) is 3.45. The first kappa shape index (κ1) is 12.0. The highest BCUT2D eigenvalue weighted by molar-refractivity contribution is 7.99. The fourth-order valence-electron chi connectivity index (χ4n) is 2.61. The Morgan fingerprint density at radius 3 is 2.81 bits per heavy atom. The van der Waals surface area contributed by atoms with Crippen LogP contribution in [-0.2, 0) is 0 Å². The lowest BCUT2D eigenvalue weighted by Crippen LogP contribution is -2.29. The molecule has 1 nitrogen and oxygen atoms in total. The van der Waals surface area contributed by atoms with E-state index in [2.05, 4.69) is 42.7 Å². The van der Waals surface area contributed by atoms with Crippen molar-refractivity contribution in [2.75, 3.05) is 12.8 Å². The van der Waals surface area contributed by atoms with Crippen molar-refractivity contribution >= 4 is 11.8 Å². The van der Waals surface area contributed by atoms with Crippen molar-refractivity contribution in [1.82, 2.24) is 5.32 Å². The summed E-state index contributed by atoms with van der Waals surface area (Å²) in [5.74, 6) is 2.16. The van der Waals surface area contributed by atoms with E-state index in [-0.39, 0.29) is 0 Å². The van der Waals surface area contributed by atoms with Crippen LogP contribution < -0.4 is 5.32 Å². The number of hydrogen-bond acceptors (Lipinski definition) is 2. The Bertz CT molecular complexity index is 299. The fraction of sp³-hybridized carbons (Fsp3) is 0.571. The molecule has 1 aliphatic rings. The second kappa shape index (κ2) is 6.31. The largest absolute Gasteiger partial charge is 0.317 e. The molecule has 0 bridgehead atoms. The molecular weight excluding hydrogens is 214 g/mol. The van der Waals surface area contributed by atoms with Gasteiger partial charge in [-0.05, 0) is 50.1 Å². The summed E-state index contributed by atoms with van der Waals surface area (Å²) >= 11 is 1.99. The zero-order valence-corrected chi connectivity index (χ0v) is 10.8. The molecule has 16 heavy (non-hydrogen) atoms. The highest BCUT2D eigenvalue weighted by atomic mass is 32.2. The van der Waals surface area contributed by atoms with E-state index in [4.69, 9.17) is 0 Å². The molecule has 0 heterocycles. The van der Waals surface area contributed by atoms with Crippen molar-refractivity contribution in [1.29, 1.82) is 0 Å². The first-order chi connectivity index (χ1) is 7.90. The van der Waals surface area contributed by atoms with Crippen molar-refractivity contribution in [2.45, 2.75) is 36.6 Å². The quantitative estimate of drug-likeness (QED) is 0.783. The van der Waals surface area contributed by atoms with Gasteiger partial charge in [0.05, 0.1) is 0 Å². The Morgan fingerprint density at radius 1 is 1.25 bits per heavy atom. The zero-order chi connectivity index (χ0) is 11.2. The lowest BCUT2D eigenvalue weighted by molar-refractivity contribution is 0.417. The fourth-order valence-corrected chi connectivity index (χ4v) is 3.61. The average molecular weight is 235 g/mol. The van der Waals surface area contributed by atoms with Crippen LogP contribution in [0.5, 0.6) is 0 Å². The van der Waals surface area contributed by atoms with Gasteiger partial charge < -0.3 is 5.32 Å². The van der Waals surface area contributed by atoms with E-state index in [1.165, 1.54) is 36.3 Å². The summed E-state index contributed by atoms with van der Waals surface area (Å²) in [5.41, 5.74) is 0. The second-order valence-corrected chi connectivity index (χ2v) is 5.70. The Hall–Kier alpha value is -0.470. The van der Waals surface area contributed by atoms with E-state index in [0.717, 1.165) is 12.0 Å². The van der Waals surface area contributed by atoms with E-state index < -0.39 is 0 Å². The summed E-state index contributed by atoms with van der Waals surface area (Å²) < 4.78 is 0. The second-order valence-electron chi connectivity index (χ2n) is 4.54. The van der Waals surface area contributed by atoms with Gasteiger partial charge in [-0.3, -0.25) is 0 Å². The lowest BCUT2D eigenvalue weighted by atomic mass is 10.0. The third kappa shape index (κ3) is 3.26. The smallest absolute Gasteiger partial charge is 0.00926 e. The highest BCUT2D eigenvalue weighted by Gasteiger charge is 2.24. The maximum atomic E-state index is 3.45. The molecule has 0 saturated heterocycles. The Kier molecular flexibility index (Phi) is 4.73. The minimum absolute atomic E-state index is 0.774. The predicted molar refractivity (Wildman–Crippen MR) is 72.0 cm³/mol. The molecule has 2 unspecified atom stereocenters. The van der Waals surface area contributed by atoms with Crippen molar-refractivity contribution < 1.29 is 0 Å². The van der Waals surface area contributed by atoms with Crippen LogP contribution in [0, 0.1) is 5.92 Å². The molecular formula is C14H21NS. The Morgan fingerprint density at radius 2 is 2.06 bits per heavy atom. The van der Waals surface area contributed by atoms with Gasteiger partial charge in [0.2, 0.25) is 0 Å². The number of thioether (sulfide) groups is 1. The number of benzene rings is 1. The van der Waals surface area contributed by atoms with Gasteiger partial charge in [0.25, 0.3) is 0 Å². The van der Waals surface area contributed by atoms with Gasteiger partial charge in [-0.2, -0.15) is 0 Å². The normalized spacial score (nSPS) is 24.8. The Balaban J connectivity index is 1.72. The number of nitrogens with one attached hydrogen (secondary N) is 1. The van der Waals surface area contributed by atoms with Gasteiger partial charge in [0.15, 0.2) is 0 Å². The lowest BCUT2D eigenvalue weighted by Gasteiger charge is -2.18. The molecule has 1 saturated carbocycles. The summed E-state index contributed by atoms with van der Waals surface area (Å²) in [6, 6.07) is 11.5. The van der Waals surface area contributed by atoms with Gasteiger partial charge in [0.1, 0.15) is 0 Å². The highest BCUT2D eigenvalue weighted by Crippen LogP contribution is 2.30. The van der Waals surface area contributed by atoms with Crippen LogP contribution in [-0.4, -0.2) is 18.8 Å². The van der Waals surface area contributed by atoms with Gasteiger partial charge in [-0.15, -0.1) is 11.8 Å². The monoisotopic (exact) mass is 235 g/mol. The van der Waals surface area contributed by atoms with Crippen molar-refractivity contribution in [3.63, 3.8) is 0 Å². The first-order valence-electron chi connectivity index (χ1n) is 6.25. The van der Waals surface area contributed by atoms with Crippen LogP contribution in [0.2, 0.25) is 0 Å². The SMILES string of the molecule is CNC1CCCC1CCSc1ccccc1. The van der Waals surface area contributed by atoms with Crippen LogP contribution in [0.25, 0.3) is 0 Å². The van der Waals surface area contributed by atoms with Gasteiger partial charge >= 0.3 is 0 Å². The Labute approximate surface area is 103 Å². The van der Waals surface area contributed by atoms with E-state index in [1.54, 1.807) is 0 Å². The van der Waals surface area contributed by atoms with Gasteiger partial charge in [-0.25, -0.2) is 0 Å². The molecule has 2 rings (SSSR count). The molecule has 0 spiro atoms. The van der Waals surface area contributed by atoms with Crippen LogP contribution in [0.4, 0.5) is 0 Å². The number of rotatable bonds is 5. The molecule has 2 heteroatoms. The molecule has 0 amide bonds. The van der Waals surface area contributed by atoms with Crippen LogP contribution in [0.1, 0.15) is 25.7 Å². The van der Waals surface area contributed by atoms with E-state index in [1.807, 2.05) is 11.8 Å². The minimum Gasteiger partial charge on any atom is -0.317 e. The molecule has 0 aromatic heterocycles. The molecule has 1 aromatic rings. The summed E-state index contributed by atoms with van der Waals surface area (Å²) in [7, 11) is 2.10. The van der Waals surface area contributed by atoms with Crippen LogP contribution in [0.15, 0.2) is 35.2 Å². The van der Waals surface area contributed by atoms with Crippen molar-refractivity contribution in [3.05, 3.63) is 30.3 Å². The molecule has 1 aromatic carbocycles. The summed E-state index contributed by atoms with van der Waals surface area (Å²) in [6.07, 6.45) is 5.55. The molecule has 0 radical (unpaired) electrons. The molecule has 1 N–H and O–H groups in total. The summed E-state index contributed by atoms with van der Waals surface area (Å²) in [4.78, 5) is 1.40. The third-order valence-electron chi connectivity index (χ3n) is 3.53. The van der Waals surface area contributed by atoms with Gasteiger partial charge in [-0.1, -0.05) is 24.6 Å². The van der Waals surface area contributed by atoms with E-state index in [9.17, 15) is 0 Å². The summed E-state index contributed by atoms with van der Waals surface area (Å²) in [6.45, 7) is 0. The molecule has 0 aliphatic heterocycles. The molecule has 88 valence electrons.